The molecule has 2 aliphatic carbocycles. The van der Waals surface area contributed by atoms with Gasteiger partial charge in [0.2, 0.25) is 0 Å². The van der Waals surface area contributed by atoms with Gasteiger partial charge in [0.15, 0.2) is 0 Å². The molecule has 5 aliphatic rings. The van der Waals surface area contributed by atoms with Gasteiger partial charge in [-0.05, 0) is 88.3 Å². The summed E-state index contributed by atoms with van der Waals surface area (Å²) in [7, 11) is 0. The van der Waals surface area contributed by atoms with Gasteiger partial charge in [0.1, 0.15) is 5.82 Å². The molecule has 7 atom stereocenters. The molecule has 0 spiro atoms. The first-order valence-corrected chi connectivity index (χ1v) is 16.3. The van der Waals surface area contributed by atoms with Crippen LogP contribution in [0.2, 0.25) is 0 Å². The maximum absolute atomic E-state index is 11.6. The lowest BCUT2D eigenvalue weighted by Crippen LogP contribution is -2.58. The van der Waals surface area contributed by atoms with E-state index < -0.39 is 5.97 Å². The molecule has 4 heterocycles. The number of fused-ring (bicyclic) bond motifs is 5. The number of para-hydroxylation sites is 2. The first kappa shape index (κ1) is 26.0. The topological polar surface area (TPSA) is 61.6 Å². The van der Waals surface area contributed by atoms with Crippen LogP contribution in [-0.2, 0) is 11.2 Å². The quantitative estimate of drug-likeness (QED) is 0.464. The highest BCUT2D eigenvalue weighted by Crippen LogP contribution is 2.47. The first-order valence-electron chi connectivity index (χ1n) is 16.3. The zero-order valence-corrected chi connectivity index (χ0v) is 23.7. The summed E-state index contributed by atoms with van der Waals surface area (Å²) in [5, 5.41) is 9.55. The second-order valence-electron chi connectivity index (χ2n) is 13.8. The number of hydrogen-bond acceptors (Lipinski definition) is 4. The van der Waals surface area contributed by atoms with Crippen LogP contribution in [0, 0.1) is 11.8 Å². The van der Waals surface area contributed by atoms with E-state index in [0.29, 0.717) is 18.1 Å². The number of carboxylic acid groups (broad SMARTS) is 1. The van der Waals surface area contributed by atoms with Crippen LogP contribution < -0.4 is 0 Å². The van der Waals surface area contributed by atoms with Crippen molar-refractivity contribution in [1.82, 2.24) is 19.4 Å². The summed E-state index contributed by atoms with van der Waals surface area (Å²) in [6.07, 6.45) is 21.1. The molecule has 6 nitrogen and oxygen atoms in total. The molecule has 1 aromatic carbocycles. The van der Waals surface area contributed by atoms with Gasteiger partial charge in [-0.3, -0.25) is 14.6 Å². The van der Waals surface area contributed by atoms with E-state index in [0.717, 1.165) is 49.2 Å². The smallest absolute Gasteiger partial charge is 0.317 e. The zero-order valence-electron chi connectivity index (χ0n) is 23.7. The Bertz CT molecular complexity index is 1130. The molecule has 39 heavy (non-hydrogen) atoms. The van der Waals surface area contributed by atoms with Gasteiger partial charge in [-0.1, -0.05) is 50.7 Å². The largest absolute Gasteiger partial charge is 0.480 e. The summed E-state index contributed by atoms with van der Waals surface area (Å²) in [6, 6.07) is 11.7. The molecular formula is C33H48N4O2. The summed E-state index contributed by atoms with van der Waals surface area (Å²) in [5.41, 5.74) is 2.39. The number of imidazole rings is 1. The van der Waals surface area contributed by atoms with Crippen LogP contribution in [0.4, 0.5) is 0 Å². The lowest BCUT2D eigenvalue weighted by atomic mass is 9.73. The molecule has 4 bridgehead atoms. The number of likely N-dealkylation sites (tertiary alicyclic amines) is 1. The Morgan fingerprint density at radius 2 is 1.51 bits per heavy atom. The third kappa shape index (κ3) is 5.28. The molecular weight excluding hydrogens is 484 g/mol. The highest BCUT2D eigenvalue weighted by Gasteiger charge is 2.45. The fourth-order valence-corrected chi connectivity index (χ4v) is 9.84. The lowest BCUT2D eigenvalue weighted by molar-refractivity contribution is -0.139. The highest BCUT2D eigenvalue weighted by atomic mass is 16.4. The fraction of sp³-hybridized carbons (Fsp3) is 0.758. The standard InChI is InChI=1S/C33H48N4O2/c38-33(39)22-35-15-6-5-10-25(35)21-32-34-30-13-3-4-14-31(30)37(32)29-19-26-11-7-12-27(20-29)36(26)28-17-23-8-1-2-9-24(16-23)18-28/h3-4,13-14,23-29H,1-2,5-12,15-22H2,(H,38,39)/t23-,24+,25-,26-,27+,28-,29+/m0/s1. The van der Waals surface area contributed by atoms with Crippen LogP contribution in [0.5, 0.6) is 0 Å². The van der Waals surface area contributed by atoms with Crippen molar-refractivity contribution in [2.45, 2.75) is 133 Å². The minimum atomic E-state index is -0.710. The summed E-state index contributed by atoms with van der Waals surface area (Å²) >= 11 is 0. The Balaban J connectivity index is 1.16. The van der Waals surface area contributed by atoms with Crippen LogP contribution in [0.15, 0.2) is 24.3 Å². The molecule has 0 amide bonds. The number of aromatic nitrogens is 2. The summed E-state index contributed by atoms with van der Waals surface area (Å²) < 4.78 is 2.63. The Labute approximate surface area is 234 Å². The van der Waals surface area contributed by atoms with Gasteiger partial charge >= 0.3 is 5.97 Å². The van der Waals surface area contributed by atoms with E-state index in [-0.39, 0.29) is 12.6 Å². The number of carboxylic acids is 1. The molecule has 0 radical (unpaired) electrons. The number of aliphatic carboxylic acids is 1. The Morgan fingerprint density at radius 1 is 0.795 bits per heavy atom. The second-order valence-corrected chi connectivity index (χ2v) is 13.8. The van der Waals surface area contributed by atoms with Gasteiger partial charge in [-0.25, -0.2) is 4.98 Å². The molecule has 1 aromatic heterocycles. The van der Waals surface area contributed by atoms with Gasteiger partial charge in [0, 0.05) is 36.6 Å². The van der Waals surface area contributed by atoms with Crippen LogP contribution in [0.25, 0.3) is 11.0 Å². The predicted octanol–water partition coefficient (Wildman–Crippen LogP) is 6.43. The van der Waals surface area contributed by atoms with Gasteiger partial charge in [-0.2, -0.15) is 0 Å². The van der Waals surface area contributed by atoms with Gasteiger partial charge in [0.25, 0.3) is 0 Å². The molecule has 7 rings (SSSR count). The maximum atomic E-state index is 11.6. The summed E-state index contributed by atoms with van der Waals surface area (Å²) in [4.78, 5) is 22.1. The van der Waals surface area contributed by atoms with Gasteiger partial charge in [0.05, 0.1) is 17.6 Å². The molecule has 0 unspecified atom stereocenters. The number of hydrogen-bond donors (Lipinski definition) is 1. The van der Waals surface area contributed by atoms with Crippen LogP contribution in [0.1, 0.15) is 108 Å². The van der Waals surface area contributed by atoms with Crippen molar-refractivity contribution < 1.29 is 9.90 Å². The maximum Gasteiger partial charge on any atom is 0.317 e. The number of rotatable bonds is 6. The minimum absolute atomic E-state index is 0.150. The van der Waals surface area contributed by atoms with E-state index in [9.17, 15) is 9.90 Å². The normalized spacial score (nSPS) is 36.1. The number of carbonyl (C=O) groups is 1. The van der Waals surface area contributed by atoms with Crippen molar-refractivity contribution in [3.8, 4) is 0 Å². The lowest BCUT2D eigenvalue weighted by Gasteiger charge is -2.54. The van der Waals surface area contributed by atoms with Crippen molar-refractivity contribution in [3.63, 3.8) is 0 Å². The Hall–Kier alpha value is -1.92. The molecule has 6 heteroatoms. The first-order chi connectivity index (χ1) is 19.1. The third-order valence-electron chi connectivity index (χ3n) is 11.3. The molecule has 3 aliphatic heterocycles. The molecule has 1 N–H and O–H groups in total. The summed E-state index contributed by atoms with van der Waals surface area (Å²) in [5.74, 6) is 2.43. The Morgan fingerprint density at radius 3 is 2.26 bits per heavy atom. The molecule has 5 fully saturated rings. The molecule has 3 saturated heterocycles. The molecule has 212 valence electrons. The summed E-state index contributed by atoms with van der Waals surface area (Å²) in [6.45, 7) is 1.04. The number of nitrogens with zero attached hydrogens (tertiary/aromatic N) is 4. The van der Waals surface area contributed by atoms with E-state index >= 15 is 0 Å². The third-order valence-corrected chi connectivity index (χ3v) is 11.3. The van der Waals surface area contributed by atoms with Crippen molar-refractivity contribution in [1.29, 1.82) is 0 Å². The van der Waals surface area contributed by atoms with Crippen LogP contribution >= 0.6 is 0 Å². The Kier molecular flexibility index (Phi) is 7.44. The molecule has 2 aromatic rings. The van der Waals surface area contributed by atoms with E-state index in [1.54, 1.807) is 0 Å². The zero-order chi connectivity index (χ0) is 26.3. The van der Waals surface area contributed by atoms with Gasteiger partial charge < -0.3 is 9.67 Å². The number of piperidine rings is 3. The van der Waals surface area contributed by atoms with Crippen molar-refractivity contribution in [3.05, 3.63) is 30.1 Å². The van der Waals surface area contributed by atoms with E-state index in [1.165, 1.54) is 94.8 Å². The monoisotopic (exact) mass is 532 g/mol. The number of benzene rings is 1. The van der Waals surface area contributed by atoms with Crippen molar-refractivity contribution in [2.75, 3.05) is 13.1 Å². The van der Waals surface area contributed by atoms with Crippen LogP contribution in [-0.4, -0.2) is 67.7 Å². The average Bonchev–Trinajstić information content (AvgIpc) is 3.19. The van der Waals surface area contributed by atoms with E-state index in [4.69, 9.17) is 4.98 Å². The second kappa shape index (κ2) is 11.2. The predicted molar refractivity (Wildman–Crippen MR) is 155 cm³/mol. The van der Waals surface area contributed by atoms with E-state index in [1.807, 2.05) is 0 Å². The van der Waals surface area contributed by atoms with Crippen molar-refractivity contribution >= 4 is 17.0 Å². The van der Waals surface area contributed by atoms with Crippen molar-refractivity contribution in [2.24, 2.45) is 11.8 Å². The van der Waals surface area contributed by atoms with Gasteiger partial charge in [-0.15, -0.1) is 0 Å². The molecule has 2 saturated carbocycles. The van der Waals surface area contributed by atoms with E-state index in [2.05, 4.69) is 38.6 Å². The minimum Gasteiger partial charge on any atom is -0.480 e. The SMILES string of the molecule is O=C(O)CN1CCCC[C@H]1Cc1nc2ccccc2n1[C@H]1C[C@H]2CCC[C@@H](C1)N2[C@@H]1C[C@@H]2CCCC[C@@H](C2)C1. The highest BCUT2D eigenvalue weighted by molar-refractivity contribution is 5.76. The fourth-order valence-electron chi connectivity index (χ4n) is 9.84. The average molecular weight is 533 g/mol. The van der Waals surface area contributed by atoms with Crippen LogP contribution in [0.3, 0.4) is 0 Å².